The van der Waals surface area contributed by atoms with Gasteiger partial charge in [-0.05, 0) is 6.92 Å². The average Bonchev–Trinajstić information content (AvgIpc) is 3.60. The van der Waals surface area contributed by atoms with Gasteiger partial charge < -0.3 is 50.9 Å². The number of aromatic nitrogens is 4. The quantitative estimate of drug-likeness (QED) is 0.0398. The van der Waals surface area contributed by atoms with Gasteiger partial charge in [0.15, 0.2) is 22.8 Å². The third-order valence-electron chi connectivity index (χ3n) is 7.16. The monoisotopic (exact) mass is 851 g/mol. The summed E-state index contributed by atoms with van der Waals surface area (Å²) in [4.78, 5) is 97.7. The maximum Gasteiger partial charge on any atom is 0.481 e. The minimum absolute atomic E-state index is 0.0240. The van der Waals surface area contributed by atoms with Crippen LogP contribution in [0.15, 0.2) is 12.7 Å². The highest BCUT2D eigenvalue weighted by molar-refractivity contribution is 8.13. The maximum absolute atomic E-state index is 12.6. The normalized spacial score (nSPS) is 21.9. The van der Waals surface area contributed by atoms with Crippen LogP contribution in [-0.2, 0) is 55.5 Å². The number of rotatable bonds is 21. The summed E-state index contributed by atoms with van der Waals surface area (Å²) in [5.41, 5.74) is 4.22. The molecule has 304 valence electrons. The summed E-state index contributed by atoms with van der Waals surface area (Å²) in [7, 11) is -16.4. The van der Waals surface area contributed by atoms with Crippen LogP contribution in [0.5, 0.6) is 0 Å². The molecule has 7 atom stereocenters. The summed E-state index contributed by atoms with van der Waals surface area (Å²) in [5, 5.41) is 25.8. The Morgan fingerprint density at radius 3 is 2.37 bits per heavy atom. The first kappa shape index (κ1) is 45.6. The molecule has 10 N–H and O–H groups in total. The maximum atomic E-state index is 12.6. The predicted molar refractivity (Wildman–Crippen MR) is 182 cm³/mol. The Balaban J connectivity index is 1.51. The number of nitrogens with two attached hydrogens (primary N) is 1. The highest BCUT2D eigenvalue weighted by Gasteiger charge is 2.50. The van der Waals surface area contributed by atoms with E-state index in [0.717, 1.165) is 29.0 Å². The van der Waals surface area contributed by atoms with Gasteiger partial charge in [-0.1, -0.05) is 25.6 Å². The fourth-order valence-corrected chi connectivity index (χ4v) is 8.12. The highest BCUT2D eigenvalue weighted by atomic mass is 32.2. The standard InChI is InChI=1S/C25H40N7O18P3S/c1-13(33)8-16(35)54-7-6-27-15(34)4-5-28-23(38)20(37)25(2,3)10-47-53(44,45)50-52(42,43)46-9-14-19(49-51(39,40)41)18(36)24(48-14)32-12-31-17-21(26)29-11-30-22(17)32/h11-12,14,18-20,24,36-37H,4-10H2,1-3H3,(H,27,34)(H,28,38)(H,42,43)(H,44,45)(H2,26,29,30)(H2,39,40,41)/t14-,18-,19-,20?,24-/m1/s1. The number of hydrogen-bond donors (Lipinski definition) is 9. The molecule has 0 bridgehead atoms. The molecule has 0 radical (unpaired) electrons. The molecular formula is C25H40N7O18P3S. The Bertz CT molecular complexity index is 1830. The number of phosphoric acid groups is 3. The molecule has 2 aromatic heterocycles. The third kappa shape index (κ3) is 13.8. The van der Waals surface area contributed by atoms with Crippen molar-refractivity contribution < 1.29 is 85.3 Å². The van der Waals surface area contributed by atoms with Crippen molar-refractivity contribution in [2.45, 2.75) is 64.3 Å². The molecule has 1 aliphatic rings. The number of phosphoric ester groups is 3. The second kappa shape index (κ2) is 18.9. The molecular weight excluding hydrogens is 811 g/mol. The molecule has 29 heteroatoms. The lowest BCUT2D eigenvalue weighted by molar-refractivity contribution is -0.137. The molecule has 0 aliphatic carbocycles. The van der Waals surface area contributed by atoms with Crippen LogP contribution >= 0.6 is 35.2 Å². The Hall–Kier alpha value is -2.77. The van der Waals surface area contributed by atoms with E-state index < -0.39 is 84.6 Å². The predicted octanol–water partition coefficient (Wildman–Crippen LogP) is -1.36. The molecule has 54 heavy (non-hydrogen) atoms. The van der Waals surface area contributed by atoms with Crippen LogP contribution in [0, 0.1) is 5.41 Å². The van der Waals surface area contributed by atoms with Crippen molar-refractivity contribution in [1.82, 2.24) is 30.2 Å². The first-order valence-corrected chi connectivity index (χ1v) is 21.0. The number of Topliss-reactive ketones (excluding diaryl/α,β-unsaturated/α-hetero) is 1. The Morgan fingerprint density at radius 2 is 1.72 bits per heavy atom. The van der Waals surface area contributed by atoms with Crippen molar-refractivity contribution in [3.8, 4) is 0 Å². The minimum atomic E-state index is -5.58. The second-order valence-corrected chi connectivity index (χ2v) is 17.6. The number of ketones is 1. The van der Waals surface area contributed by atoms with Crippen LogP contribution in [0.25, 0.3) is 11.2 Å². The van der Waals surface area contributed by atoms with Gasteiger partial charge in [-0.2, -0.15) is 4.31 Å². The van der Waals surface area contributed by atoms with Gasteiger partial charge >= 0.3 is 23.5 Å². The van der Waals surface area contributed by atoms with Gasteiger partial charge in [0, 0.05) is 30.7 Å². The number of anilines is 1. The van der Waals surface area contributed by atoms with E-state index in [2.05, 4.69) is 34.4 Å². The zero-order valence-electron chi connectivity index (χ0n) is 28.7. The number of nitrogens with zero attached hydrogens (tertiary/aromatic N) is 4. The Kier molecular flexibility index (Phi) is 16.0. The van der Waals surface area contributed by atoms with Crippen molar-refractivity contribution in [2.75, 3.05) is 37.8 Å². The number of aliphatic hydroxyl groups excluding tert-OH is 2. The topological polar surface area (TPSA) is 381 Å². The number of ether oxygens (including phenoxy) is 1. The van der Waals surface area contributed by atoms with E-state index in [-0.39, 0.29) is 59.6 Å². The number of hydrogen-bond acceptors (Lipinski definition) is 19. The number of amides is 2. The second-order valence-electron chi connectivity index (χ2n) is 12.2. The number of fused-ring (bicyclic) bond motifs is 1. The number of aliphatic hydroxyl groups is 2. The number of thioether (sulfide) groups is 1. The molecule has 25 nitrogen and oxygen atoms in total. The van der Waals surface area contributed by atoms with Crippen LogP contribution in [-0.4, -0.2) is 128 Å². The van der Waals surface area contributed by atoms with Crippen LogP contribution in [0.2, 0.25) is 0 Å². The number of carbonyl (C=O) groups is 4. The van der Waals surface area contributed by atoms with Gasteiger partial charge in [-0.3, -0.25) is 37.3 Å². The van der Waals surface area contributed by atoms with E-state index in [1.807, 2.05) is 0 Å². The molecule has 3 rings (SSSR count). The van der Waals surface area contributed by atoms with Gasteiger partial charge in [-0.25, -0.2) is 28.6 Å². The summed E-state index contributed by atoms with van der Waals surface area (Å²) in [6, 6.07) is 0. The lowest BCUT2D eigenvalue weighted by atomic mass is 9.87. The van der Waals surface area contributed by atoms with E-state index in [9.17, 15) is 62.7 Å². The van der Waals surface area contributed by atoms with E-state index in [0.29, 0.717) is 0 Å². The molecule has 0 saturated carbocycles. The summed E-state index contributed by atoms with van der Waals surface area (Å²) < 4.78 is 61.9. The van der Waals surface area contributed by atoms with E-state index in [1.54, 1.807) is 0 Å². The highest BCUT2D eigenvalue weighted by Crippen LogP contribution is 2.61. The van der Waals surface area contributed by atoms with Crippen molar-refractivity contribution in [1.29, 1.82) is 0 Å². The molecule has 1 aliphatic heterocycles. The van der Waals surface area contributed by atoms with Crippen LogP contribution in [0.4, 0.5) is 5.82 Å². The van der Waals surface area contributed by atoms with Gasteiger partial charge in [-0.15, -0.1) is 0 Å². The van der Waals surface area contributed by atoms with Crippen molar-refractivity contribution >= 4 is 74.9 Å². The number of carbonyl (C=O) groups excluding carboxylic acids is 4. The molecule has 2 aromatic rings. The fraction of sp³-hybridized carbons (Fsp3) is 0.640. The lowest BCUT2D eigenvalue weighted by Gasteiger charge is -2.30. The summed E-state index contributed by atoms with van der Waals surface area (Å²) in [6.45, 7) is 1.58. The fourth-order valence-electron chi connectivity index (χ4n) is 4.55. The van der Waals surface area contributed by atoms with Crippen molar-refractivity contribution in [3.63, 3.8) is 0 Å². The number of nitrogen functional groups attached to an aromatic ring is 1. The number of nitrogens with one attached hydrogen (secondary N) is 2. The minimum Gasteiger partial charge on any atom is -0.386 e. The van der Waals surface area contributed by atoms with Crippen molar-refractivity contribution in [3.05, 3.63) is 12.7 Å². The van der Waals surface area contributed by atoms with Crippen molar-refractivity contribution in [2.24, 2.45) is 5.41 Å². The summed E-state index contributed by atoms with van der Waals surface area (Å²) in [5.74, 6) is -1.61. The zero-order chi connectivity index (χ0) is 40.6. The molecule has 0 spiro atoms. The Labute approximate surface area is 310 Å². The van der Waals surface area contributed by atoms with E-state index >= 15 is 0 Å². The molecule has 0 aromatic carbocycles. The van der Waals surface area contributed by atoms with Crippen LogP contribution in [0.1, 0.15) is 39.8 Å². The molecule has 1 fully saturated rings. The first-order valence-electron chi connectivity index (χ1n) is 15.5. The zero-order valence-corrected chi connectivity index (χ0v) is 32.2. The average molecular weight is 852 g/mol. The molecule has 1 saturated heterocycles. The van der Waals surface area contributed by atoms with Gasteiger partial charge in [0.25, 0.3) is 0 Å². The smallest absolute Gasteiger partial charge is 0.386 e. The van der Waals surface area contributed by atoms with E-state index in [4.69, 9.17) is 19.5 Å². The van der Waals surface area contributed by atoms with E-state index in [1.165, 1.54) is 20.8 Å². The van der Waals surface area contributed by atoms with Gasteiger partial charge in [0.1, 0.15) is 42.0 Å². The third-order valence-corrected chi connectivity index (χ3v) is 11.1. The van der Waals surface area contributed by atoms with Crippen LogP contribution in [0.3, 0.4) is 0 Å². The van der Waals surface area contributed by atoms with Gasteiger partial charge in [0.05, 0.1) is 26.0 Å². The summed E-state index contributed by atoms with van der Waals surface area (Å²) >= 11 is 0.878. The molecule has 3 heterocycles. The SMILES string of the molecule is CC(=O)CC(=O)SCCNC(=O)CCNC(=O)C(O)C(C)(C)COP(=O)(O)OP(=O)(O)OC[C@H]1O[C@@H](n2cnc3c(N)ncnc32)[C@H](O)[C@@H]1OP(=O)(O)O. The number of imidazole rings is 1. The van der Waals surface area contributed by atoms with Crippen LogP contribution < -0.4 is 16.4 Å². The molecule has 3 unspecified atom stereocenters. The lowest BCUT2D eigenvalue weighted by Crippen LogP contribution is -2.46. The first-order chi connectivity index (χ1) is 24.9. The Morgan fingerprint density at radius 1 is 1.06 bits per heavy atom. The largest absolute Gasteiger partial charge is 0.481 e. The molecule has 2 amide bonds. The summed E-state index contributed by atoms with van der Waals surface area (Å²) in [6.07, 6.45) is -7.24. The van der Waals surface area contributed by atoms with Gasteiger partial charge in [0.2, 0.25) is 11.8 Å².